The molecule has 9 heavy (non-hydrogen) atoms. The number of hydrogen-bond donors (Lipinski definition) is 0. The minimum atomic E-state index is 0.218. The van der Waals surface area contributed by atoms with Gasteiger partial charge in [0.25, 0.3) is 0 Å². The highest BCUT2D eigenvalue weighted by molar-refractivity contribution is 6.22. The van der Waals surface area contributed by atoms with Crippen LogP contribution < -0.4 is 0 Å². The van der Waals surface area contributed by atoms with E-state index in [0.29, 0.717) is 0 Å². The lowest BCUT2D eigenvalue weighted by atomic mass is 10.0. The van der Waals surface area contributed by atoms with Crippen molar-refractivity contribution in [3.63, 3.8) is 0 Å². The van der Waals surface area contributed by atoms with Crippen molar-refractivity contribution < 1.29 is 0 Å². The molecule has 50 valence electrons. The lowest BCUT2D eigenvalue weighted by Gasteiger charge is -2.09. The molecule has 1 aliphatic rings. The molecule has 0 N–H and O–H groups in total. The van der Waals surface area contributed by atoms with Gasteiger partial charge in [-0.25, -0.2) is 0 Å². The first-order chi connectivity index (χ1) is 4.30. The largest absolute Gasteiger partial charge is 0.118 e. The molecular weight excluding hydrogens is 132 g/mol. The molecule has 0 amide bonds. The van der Waals surface area contributed by atoms with Gasteiger partial charge >= 0.3 is 0 Å². The van der Waals surface area contributed by atoms with Gasteiger partial charge in [-0.2, -0.15) is 0 Å². The zero-order valence-electron chi connectivity index (χ0n) is 5.60. The molecular formula is C8H11Cl. The van der Waals surface area contributed by atoms with E-state index in [-0.39, 0.29) is 5.38 Å². The minimum absolute atomic E-state index is 0.218. The first kappa shape index (κ1) is 6.88. The van der Waals surface area contributed by atoms with E-state index in [9.17, 15) is 0 Å². The van der Waals surface area contributed by atoms with Crippen molar-refractivity contribution in [2.75, 3.05) is 0 Å². The summed E-state index contributed by atoms with van der Waals surface area (Å²) in [5.41, 5.74) is 1.36. The second-order valence-corrected chi connectivity index (χ2v) is 2.98. The standard InChI is InChI=1S/C8H11Cl/c1-7(9)8-5-3-2-4-6-8/h2-3,5,7H,4,6H2,1H3. The highest BCUT2D eigenvalue weighted by atomic mass is 35.5. The number of allylic oxidation sites excluding steroid dienone is 4. The Hall–Kier alpha value is -0.230. The van der Waals surface area contributed by atoms with Crippen LogP contribution >= 0.6 is 11.6 Å². The van der Waals surface area contributed by atoms with Gasteiger partial charge in [0.1, 0.15) is 0 Å². The van der Waals surface area contributed by atoms with Gasteiger partial charge in [0.15, 0.2) is 0 Å². The fraction of sp³-hybridized carbons (Fsp3) is 0.500. The summed E-state index contributed by atoms with van der Waals surface area (Å²) in [4.78, 5) is 0. The number of halogens is 1. The number of hydrogen-bond acceptors (Lipinski definition) is 0. The molecule has 0 nitrogen and oxygen atoms in total. The van der Waals surface area contributed by atoms with Gasteiger partial charge < -0.3 is 0 Å². The third-order valence-electron chi connectivity index (χ3n) is 1.56. The van der Waals surface area contributed by atoms with Gasteiger partial charge in [0.2, 0.25) is 0 Å². The zero-order valence-corrected chi connectivity index (χ0v) is 6.36. The summed E-state index contributed by atoms with van der Waals surface area (Å²) < 4.78 is 0. The van der Waals surface area contributed by atoms with Crippen LogP contribution in [-0.4, -0.2) is 5.38 Å². The van der Waals surface area contributed by atoms with Crippen LogP contribution in [0, 0.1) is 0 Å². The van der Waals surface area contributed by atoms with Crippen molar-refractivity contribution in [1.82, 2.24) is 0 Å². The van der Waals surface area contributed by atoms with Crippen LogP contribution in [0.25, 0.3) is 0 Å². The normalized spacial score (nSPS) is 21.3. The second-order valence-electron chi connectivity index (χ2n) is 2.32. The predicted molar refractivity (Wildman–Crippen MR) is 41.8 cm³/mol. The van der Waals surface area contributed by atoms with Crippen LogP contribution in [0.5, 0.6) is 0 Å². The van der Waals surface area contributed by atoms with E-state index in [0.717, 1.165) is 12.8 Å². The van der Waals surface area contributed by atoms with Gasteiger partial charge in [-0.1, -0.05) is 23.8 Å². The van der Waals surface area contributed by atoms with Gasteiger partial charge in [-0.15, -0.1) is 11.6 Å². The second kappa shape index (κ2) is 3.07. The van der Waals surface area contributed by atoms with E-state index in [1.54, 1.807) is 0 Å². The van der Waals surface area contributed by atoms with Crippen molar-refractivity contribution in [2.24, 2.45) is 0 Å². The van der Waals surface area contributed by atoms with Crippen LogP contribution in [0.2, 0.25) is 0 Å². The fourth-order valence-electron chi connectivity index (χ4n) is 0.953. The molecule has 0 saturated carbocycles. The van der Waals surface area contributed by atoms with Crippen molar-refractivity contribution in [2.45, 2.75) is 25.1 Å². The molecule has 0 aliphatic heterocycles. The first-order valence-electron chi connectivity index (χ1n) is 3.30. The van der Waals surface area contributed by atoms with Crippen LogP contribution in [0.4, 0.5) is 0 Å². The van der Waals surface area contributed by atoms with E-state index in [2.05, 4.69) is 18.2 Å². The number of alkyl halides is 1. The summed E-state index contributed by atoms with van der Waals surface area (Å²) in [7, 11) is 0. The molecule has 0 radical (unpaired) electrons. The molecule has 1 atom stereocenters. The average Bonchev–Trinajstić information content (AvgIpc) is 1.90. The molecule has 1 rings (SSSR count). The molecule has 0 bridgehead atoms. The van der Waals surface area contributed by atoms with Crippen molar-refractivity contribution in [3.05, 3.63) is 23.8 Å². The smallest absolute Gasteiger partial charge is 0.0520 e. The molecule has 1 unspecified atom stereocenters. The molecule has 0 saturated heterocycles. The third-order valence-corrected chi connectivity index (χ3v) is 1.84. The Morgan fingerprint density at radius 2 is 2.44 bits per heavy atom. The summed E-state index contributed by atoms with van der Waals surface area (Å²) in [5, 5.41) is 0.218. The molecule has 0 heterocycles. The monoisotopic (exact) mass is 142 g/mol. The maximum atomic E-state index is 5.85. The van der Waals surface area contributed by atoms with E-state index in [1.807, 2.05) is 6.92 Å². The summed E-state index contributed by atoms with van der Waals surface area (Å²) in [6.45, 7) is 2.02. The van der Waals surface area contributed by atoms with Gasteiger partial charge in [-0.05, 0) is 19.8 Å². The van der Waals surface area contributed by atoms with Crippen LogP contribution in [0.1, 0.15) is 19.8 Å². The van der Waals surface area contributed by atoms with Gasteiger partial charge in [0, 0.05) is 0 Å². The van der Waals surface area contributed by atoms with Crippen molar-refractivity contribution >= 4 is 11.6 Å². The Labute approximate surface area is 61.2 Å². The Balaban J connectivity index is 2.57. The first-order valence-corrected chi connectivity index (χ1v) is 3.74. The molecule has 1 aliphatic carbocycles. The number of rotatable bonds is 1. The van der Waals surface area contributed by atoms with Gasteiger partial charge in [-0.3, -0.25) is 0 Å². The van der Waals surface area contributed by atoms with Gasteiger partial charge in [0.05, 0.1) is 5.38 Å². The van der Waals surface area contributed by atoms with Crippen LogP contribution in [0.15, 0.2) is 23.8 Å². The Morgan fingerprint density at radius 3 is 2.78 bits per heavy atom. The Morgan fingerprint density at radius 1 is 1.67 bits per heavy atom. The lowest BCUT2D eigenvalue weighted by molar-refractivity contribution is 0.899. The van der Waals surface area contributed by atoms with E-state index in [4.69, 9.17) is 11.6 Å². The van der Waals surface area contributed by atoms with E-state index in [1.165, 1.54) is 5.57 Å². The fourth-order valence-corrected chi connectivity index (χ4v) is 1.13. The summed E-state index contributed by atoms with van der Waals surface area (Å²) in [6, 6.07) is 0. The lowest BCUT2D eigenvalue weighted by Crippen LogP contribution is -1.98. The molecule has 0 aromatic rings. The van der Waals surface area contributed by atoms with E-state index < -0.39 is 0 Å². The highest BCUT2D eigenvalue weighted by Crippen LogP contribution is 2.18. The molecule has 1 heteroatoms. The van der Waals surface area contributed by atoms with Crippen molar-refractivity contribution in [1.29, 1.82) is 0 Å². The Bertz CT molecular complexity index is 143. The Kier molecular flexibility index (Phi) is 2.35. The van der Waals surface area contributed by atoms with Crippen molar-refractivity contribution in [3.8, 4) is 0 Å². The molecule has 0 aromatic heterocycles. The zero-order chi connectivity index (χ0) is 6.69. The summed E-state index contributed by atoms with van der Waals surface area (Å²) in [5.74, 6) is 0. The maximum Gasteiger partial charge on any atom is 0.0520 e. The SMILES string of the molecule is CC(Cl)C1=CC=CCC1. The quantitative estimate of drug-likeness (QED) is 0.494. The predicted octanol–water partition coefficient (Wildman–Crippen LogP) is 2.89. The van der Waals surface area contributed by atoms with E-state index >= 15 is 0 Å². The molecule has 0 fully saturated rings. The topological polar surface area (TPSA) is 0 Å². The van der Waals surface area contributed by atoms with Crippen LogP contribution in [0.3, 0.4) is 0 Å². The highest BCUT2D eigenvalue weighted by Gasteiger charge is 2.04. The summed E-state index contributed by atoms with van der Waals surface area (Å²) >= 11 is 5.85. The maximum absolute atomic E-state index is 5.85. The summed E-state index contributed by atoms with van der Waals surface area (Å²) in [6.07, 6.45) is 8.66. The average molecular weight is 143 g/mol. The van der Waals surface area contributed by atoms with Crippen LogP contribution in [-0.2, 0) is 0 Å². The minimum Gasteiger partial charge on any atom is -0.118 e. The third kappa shape index (κ3) is 1.87. The molecule has 0 aromatic carbocycles. The molecule has 0 spiro atoms.